The first-order chi connectivity index (χ1) is 9.56. The summed E-state index contributed by atoms with van der Waals surface area (Å²) in [5.41, 5.74) is 0.911. The van der Waals surface area contributed by atoms with Crippen molar-refractivity contribution in [3.8, 4) is 6.07 Å². The molecule has 1 rings (SSSR count). The zero-order valence-electron chi connectivity index (χ0n) is 12.5. The summed E-state index contributed by atoms with van der Waals surface area (Å²) in [4.78, 5) is 11.7. The van der Waals surface area contributed by atoms with Crippen LogP contribution < -0.4 is 4.72 Å². The number of hydrogen-bond acceptors (Lipinski definition) is 4. The predicted molar refractivity (Wildman–Crippen MR) is 79.7 cm³/mol. The lowest BCUT2D eigenvalue weighted by atomic mass is 9.87. The standard InChI is InChI=1S/C15H18N2O3S/c1-11(15(2,3)4)9-14(18)17-21(19,20)13-7-5-12(10-16)6-8-13/h5-9H,1-4H3,(H,17,18)/b11-9+. The van der Waals surface area contributed by atoms with Gasteiger partial charge >= 0.3 is 0 Å². The van der Waals surface area contributed by atoms with Gasteiger partial charge in [0.2, 0.25) is 0 Å². The Morgan fingerprint density at radius 2 is 1.76 bits per heavy atom. The molecule has 5 nitrogen and oxygen atoms in total. The number of carbonyl (C=O) groups is 1. The Morgan fingerprint density at radius 3 is 2.19 bits per heavy atom. The van der Waals surface area contributed by atoms with E-state index in [2.05, 4.69) is 0 Å². The molecule has 0 radical (unpaired) electrons. The highest BCUT2D eigenvalue weighted by Crippen LogP contribution is 2.24. The largest absolute Gasteiger partial charge is 0.269 e. The van der Waals surface area contributed by atoms with Crippen molar-refractivity contribution in [2.24, 2.45) is 5.41 Å². The van der Waals surface area contributed by atoms with Crippen molar-refractivity contribution < 1.29 is 13.2 Å². The zero-order valence-corrected chi connectivity index (χ0v) is 13.3. The fourth-order valence-corrected chi connectivity index (χ4v) is 2.28. The van der Waals surface area contributed by atoms with Crippen LogP contribution in [-0.4, -0.2) is 14.3 Å². The van der Waals surface area contributed by atoms with Crippen LogP contribution >= 0.6 is 0 Å². The SMILES string of the molecule is C/C(=C\C(=O)NS(=O)(=O)c1ccc(C#N)cc1)C(C)(C)C. The fraction of sp³-hybridized carbons (Fsp3) is 0.333. The van der Waals surface area contributed by atoms with Gasteiger partial charge in [-0.05, 0) is 36.6 Å². The Hall–Kier alpha value is -2.13. The second-order valence-corrected chi connectivity index (χ2v) is 7.37. The molecular formula is C15H18N2O3S. The molecule has 0 atom stereocenters. The summed E-state index contributed by atoms with van der Waals surface area (Å²) in [5.74, 6) is -0.688. The second-order valence-electron chi connectivity index (χ2n) is 5.68. The van der Waals surface area contributed by atoms with Crippen molar-refractivity contribution in [1.82, 2.24) is 4.72 Å². The van der Waals surface area contributed by atoms with E-state index in [-0.39, 0.29) is 10.3 Å². The number of hydrogen-bond donors (Lipinski definition) is 1. The molecule has 21 heavy (non-hydrogen) atoms. The summed E-state index contributed by atoms with van der Waals surface area (Å²) in [6.07, 6.45) is 1.28. The molecule has 1 aromatic rings. The molecule has 0 bridgehead atoms. The van der Waals surface area contributed by atoms with Gasteiger partial charge in [0.15, 0.2) is 0 Å². The van der Waals surface area contributed by atoms with Crippen molar-refractivity contribution in [1.29, 1.82) is 5.26 Å². The van der Waals surface area contributed by atoms with E-state index in [0.29, 0.717) is 5.56 Å². The third kappa shape index (κ3) is 4.72. The zero-order chi connectivity index (χ0) is 16.3. The maximum absolute atomic E-state index is 12.0. The molecule has 0 aliphatic heterocycles. The third-order valence-corrected chi connectivity index (χ3v) is 4.42. The van der Waals surface area contributed by atoms with Crippen molar-refractivity contribution in [3.05, 3.63) is 41.5 Å². The number of sulfonamides is 1. The molecule has 0 saturated carbocycles. The summed E-state index contributed by atoms with van der Waals surface area (Å²) >= 11 is 0. The topological polar surface area (TPSA) is 87.0 Å². The lowest BCUT2D eigenvalue weighted by Gasteiger charge is -2.19. The molecule has 1 amide bonds. The van der Waals surface area contributed by atoms with E-state index in [4.69, 9.17) is 5.26 Å². The summed E-state index contributed by atoms with van der Waals surface area (Å²) in [7, 11) is -3.93. The van der Waals surface area contributed by atoms with Crippen LogP contribution in [0.1, 0.15) is 33.3 Å². The average Bonchev–Trinajstić information content (AvgIpc) is 2.36. The van der Waals surface area contributed by atoms with Crippen LogP contribution in [0.4, 0.5) is 0 Å². The molecule has 0 fully saturated rings. The van der Waals surface area contributed by atoms with Crippen molar-refractivity contribution in [2.75, 3.05) is 0 Å². The first-order valence-corrected chi connectivity index (χ1v) is 7.80. The summed E-state index contributed by atoms with van der Waals surface area (Å²) in [6, 6.07) is 7.24. The van der Waals surface area contributed by atoms with Crippen LogP contribution in [0.3, 0.4) is 0 Å². The molecule has 6 heteroatoms. The molecule has 1 aromatic carbocycles. The smallest absolute Gasteiger partial charge is 0.264 e. The van der Waals surface area contributed by atoms with Crippen molar-refractivity contribution >= 4 is 15.9 Å². The lowest BCUT2D eigenvalue weighted by Crippen LogP contribution is -2.29. The molecule has 0 aromatic heterocycles. The number of allylic oxidation sites excluding steroid dienone is 1. The number of nitriles is 1. The fourth-order valence-electron chi connectivity index (χ4n) is 1.34. The summed E-state index contributed by atoms with van der Waals surface area (Å²) < 4.78 is 26.0. The van der Waals surface area contributed by atoms with Gasteiger partial charge in [0.1, 0.15) is 0 Å². The maximum Gasteiger partial charge on any atom is 0.264 e. The van der Waals surface area contributed by atoms with Gasteiger partial charge in [-0.15, -0.1) is 0 Å². The van der Waals surface area contributed by atoms with Crippen molar-refractivity contribution in [3.63, 3.8) is 0 Å². The van der Waals surface area contributed by atoms with Gasteiger partial charge in [-0.3, -0.25) is 4.79 Å². The quantitative estimate of drug-likeness (QED) is 0.868. The molecule has 0 aliphatic carbocycles. The highest BCUT2D eigenvalue weighted by Gasteiger charge is 2.18. The van der Waals surface area contributed by atoms with Gasteiger partial charge in [0, 0.05) is 6.08 Å². The minimum atomic E-state index is -3.93. The van der Waals surface area contributed by atoms with Crippen LogP contribution in [0.25, 0.3) is 0 Å². The molecule has 0 heterocycles. The first-order valence-electron chi connectivity index (χ1n) is 6.32. The van der Waals surface area contributed by atoms with Crippen LogP contribution in [0.5, 0.6) is 0 Å². The minimum Gasteiger partial charge on any atom is -0.269 e. The highest BCUT2D eigenvalue weighted by molar-refractivity contribution is 7.90. The summed E-state index contributed by atoms with van der Waals surface area (Å²) in [6.45, 7) is 7.57. The Labute approximate surface area is 125 Å². The Kier molecular flexibility index (Phi) is 4.92. The third-order valence-electron chi connectivity index (χ3n) is 3.06. The van der Waals surface area contributed by atoms with Gasteiger partial charge in [0.05, 0.1) is 16.5 Å². The maximum atomic E-state index is 12.0. The molecule has 0 aliphatic rings. The van der Waals surface area contributed by atoms with E-state index >= 15 is 0 Å². The molecule has 0 spiro atoms. The van der Waals surface area contributed by atoms with Crippen LogP contribution in [-0.2, 0) is 14.8 Å². The van der Waals surface area contributed by atoms with E-state index in [1.54, 1.807) is 6.92 Å². The van der Waals surface area contributed by atoms with Crippen LogP contribution in [0.2, 0.25) is 0 Å². The van der Waals surface area contributed by atoms with E-state index < -0.39 is 15.9 Å². The van der Waals surface area contributed by atoms with Gasteiger partial charge in [-0.2, -0.15) is 5.26 Å². The minimum absolute atomic E-state index is 0.0586. The summed E-state index contributed by atoms with van der Waals surface area (Å²) in [5, 5.41) is 8.68. The van der Waals surface area contributed by atoms with E-state index in [0.717, 1.165) is 5.57 Å². The number of rotatable bonds is 3. The Balaban J connectivity index is 2.95. The number of amides is 1. The number of carbonyl (C=O) groups excluding carboxylic acids is 1. The predicted octanol–water partition coefficient (Wildman–Crippen LogP) is 2.36. The molecule has 0 unspecified atom stereocenters. The Morgan fingerprint density at radius 1 is 1.24 bits per heavy atom. The molecule has 112 valence electrons. The van der Waals surface area contributed by atoms with Crippen LogP contribution in [0, 0.1) is 16.7 Å². The lowest BCUT2D eigenvalue weighted by molar-refractivity contribution is -0.114. The van der Waals surface area contributed by atoms with Crippen molar-refractivity contribution in [2.45, 2.75) is 32.6 Å². The Bertz CT molecular complexity index is 703. The second kappa shape index (κ2) is 6.10. The molecule has 0 saturated heterocycles. The van der Waals surface area contributed by atoms with E-state index in [1.165, 1.54) is 30.3 Å². The average molecular weight is 306 g/mol. The number of benzene rings is 1. The van der Waals surface area contributed by atoms with E-state index in [1.807, 2.05) is 31.6 Å². The highest BCUT2D eigenvalue weighted by atomic mass is 32.2. The normalized spacial score (nSPS) is 12.6. The monoisotopic (exact) mass is 306 g/mol. The number of nitrogens with zero attached hydrogens (tertiary/aromatic N) is 1. The van der Waals surface area contributed by atoms with Crippen LogP contribution in [0.15, 0.2) is 40.8 Å². The van der Waals surface area contributed by atoms with Gasteiger partial charge in [0.25, 0.3) is 15.9 Å². The molecule has 1 N–H and O–H groups in total. The van der Waals surface area contributed by atoms with Gasteiger partial charge in [-0.1, -0.05) is 26.3 Å². The van der Waals surface area contributed by atoms with Gasteiger partial charge in [-0.25, -0.2) is 13.1 Å². The van der Waals surface area contributed by atoms with E-state index in [9.17, 15) is 13.2 Å². The van der Waals surface area contributed by atoms with Gasteiger partial charge < -0.3 is 0 Å². The molecular weight excluding hydrogens is 288 g/mol. The first kappa shape index (κ1) is 16.9. The number of nitrogens with one attached hydrogen (secondary N) is 1.